The van der Waals surface area contributed by atoms with Gasteiger partial charge in [-0.3, -0.25) is 10.1 Å². The van der Waals surface area contributed by atoms with E-state index in [0.717, 1.165) is 5.52 Å². The van der Waals surface area contributed by atoms with Crippen LogP contribution in [0, 0.1) is 5.82 Å². The van der Waals surface area contributed by atoms with Crippen LogP contribution in [0.3, 0.4) is 0 Å². The van der Waals surface area contributed by atoms with Crippen molar-refractivity contribution < 1.29 is 9.18 Å². The maximum Gasteiger partial charge on any atom is 0.226 e. The highest BCUT2D eigenvalue weighted by atomic mass is 19.1. The Morgan fingerprint density at radius 2 is 2.33 bits per heavy atom. The van der Waals surface area contributed by atoms with Gasteiger partial charge in [-0.15, -0.1) is 0 Å². The average Bonchev–Trinajstić information content (AvgIpc) is 2.63. The number of halogens is 1. The van der Waals surface area contributed by atoms with Crippen LogP contribution in [0.15, 0.2) is 18.2 Å². The maximum atomic E-state index is 13.1. The number of benzene rings is 1. The van der Waals surface area contributed by atoms with Crippen molar-refractivity contribution in [3.63, 3.8) is 0 Å². The highest BCUT2D eigenvalue weighted by Gasteiger charge is 2.10. The van der Waals surface area contributed by atoms with Crippen LogP contribution in [0.4, 0.5) is 10.3 Å². The molecule has 1 aromatic carbocycles. The average molecular weight is 250 g/mol. The number of rotatable bonds is 4. The summed E-state index contributed by atoms with van der Waals surface area (Å²) in [6.45, 7) is 0.473. The van der Waals surface area contributed by atoms with Gasteiger partial charge in [0.25, 0.3) is 0 Å². The van der Waals surface area contributed by atoms with Crippen LogP contribution in [0.5, 0.6) is 0 Å². The highest BCUT2D eigenvalue weighted by molar-refractivity contribution is 5.91. The van der Waals surface area contributed by atoms with Crippen molar-refractivity contribution in [2.45, 2.75) is 12.8 Å². The lowest BCUT2D eigenvalue weighted by atomic mass is 10.3. The molecule has 0 spiro atoms. The number of hydrogen-bond acceptors (Lipinski definition) is 3. The number of aryl methyl sites for hydroxylation is 1. The van der Waals surface area contributed by atoms with Crippen molar-refractivity contribution in [1.82, 2.24) is 9.55 Å². The van der Waals surface area contributed by atoms with E-state index in [9.17, 15) is 9.18 Å². The maximum absolute atomic E-state index is 13.1. The molecule has 0 aliphatic carbocycles. The number of carbonyl (C=O) groups excluding carboxylic acids is 1. The number of aromatic nitrogens is 2. The minimum Gasteiger partial charge on any atom is -0.330 e. The zero-order valence-electron chi connectivity index (χ0n) is 10.1. The molecule has 5 nitrogen and oxygen atoms in total. The molecule has 3 N–H and O–H groups in total. The summed E-state index contributed by atoms with van der Waals surface area (Å²) in [6.07, 6.45) is 0.985. The predicted octanol–water partition coefficient (Wildman–Crippen LogP) is 1.39. The van der Waals surface area contributed by atoms with Gasteiger partial charge in [-0.05, 0) is 25.1 Å². The third-order valence-electron chi connectivity index (χ3n) is 2.70. The first-order chi connectivity index (χ1) is 8.61. The Labute approximate surface area is 104 Å². The first-order valence-corrected chi connectivity index (χ1v) is 5.73. The van der Waals surface area contributed by atoms with E-state index in [4.69, 9.17) is 5.73 Å². The molecule has 0 fully saturated rings. The van der Waals surface area contributed by atoms with Gasteiger partial charge >= 0.3 is 0 Å². The first kappa shape index (κ1) is 12.5. The lowest BCUT2D eigenvalue weighted by Crippen LogP contribution is -2.15. The van der Waals surface area contributed by atoms with Crippen molar-refractivity contribution in [2.75, 3.05) is 11.9 Å². The number of imidazole rings is 1. The molecule has 0 saturated carbocycles. The van der Waals surface area contributed by atoms with E-state index in [2.05, 4.69) is 10.3 Å². The Bertz CT molecular complexity index is 579. The SMILES string of the molecule is Cn1c(NC(=O)CCCN)nc2cc(F)ccc21. The lowest BCUT2D eigenvalue weighted by molar-refractivity contribution is -0.116. The van der Waals surface area contributed by atoms with Crippen LogP contribution in [0.1, 0.15) is 12.8 Å². The molecule has 18 heavy (non-hydrogen) atoms. The van der Waals surface area contributed by atoms with E-state index in [0.29, 0.717) is 30.9 Å². The van der Waals surface area contributed by atoms with E-state index in [1.165, 1.54) is 12.1 Å². The fourth-order valence-electron chi connectivity index (χ4n) is 1.73. The molecular weight excluding hydrogens is 235 g/mol. The topological polar surface area (TPSA) is 72.9 Å². The normalized spacial score (nSPS) is 10.8. The molecule has 0 aliphatic heterocycles. The van der Waals surface area contributed by atoms with E-state index in [1.54, 1.807) is 17.7 Å². The summed E-state index contributed by atoms with van der Waals surface area (Å²) in [5.74, 6) is -0.0708. The van der Waals surface area contributed by atoms with Crippen LogP contribution in [0.2, 0.25) is 0 Å². The Morgan fingerprint density at radius 3 is 3.06 bits per heavy atom. The van der Waals surface area contributed by atoms with Crippen LogP contribution < -0.4 is 11.1 Å². The van der Waals surface area contributed by atoms with Gasteiger partial charge in [-0.1, -0.05) is 0 Å². The van der Waals surface area contributed by atoms with Crippen molar-refractivity contribution in [1.29, 1.82) is 0 Å². The smallest absolute Gasteiger partial charge is 0.226 e. The fraction of sp³-hybridized carbons (Fsp3) is 0.333. The largest absolute Gasteiger partial charge is 0.330 e. The molecule has 0 radical (unpaired) electrons. The molecule has 6 heteroatoms. The number of anilines is 1. The quantitative estimate of drug-likeness (QED) is 0.861. The number of amides is 1. The highest BCUT2D eigenvalue weighted by Crippen LogP contribution is 2.19. The summed E-state index contributed by atoms with van der Waals surface area (Å²) < 4.78 is 14.8. The van der Waals surface area contributed by atoms with E-state index >= 15 is 0 Å². The summed E-state index contributed by atoms with van der Waals surface area (Å²) in [6, 6.07) is 4.34. The molecule has 0 bridgehead atoms. The van der Waals surface area contributed by atoms with E-state index in [-0.39, 0.29) is 11.7 Å². The van der Waals surface area contributed by atoms with Gasteiger partial charge in [0.05, 0.1) is 11.0 Å². The molecular formula is C12H15FN4O. The summed E-state index contributed by atoms with van der Waals surface area (Å²) in [7, 11) is 1.77. The Kier molecular flexibility index (Phi) is 3.57. The van der Waals surface area contributed by atoms with Gasteiger partial charge in [-0.25, -0.2) is 9.37 Å². The van der Waals surface area contributed by atoms with Crippen molar-refractivity contribution >= 4 is 22.9 Å². The zero-order chi connectivity index (χ0) is 13.1. The zero-order valence-corrected chi connectivity index (χ0v) is 10.1. The Balaban J connectivity index is 2.23. The number of nitrogens with zero attached hydrogens (tertiary/aromatic N) is 2. The molecule has 1 amide bonds. The summed E-state index contributed by atoms with van der Waals surface area (Å²) in [5, 5.41) is 2.69. The van der Waals surface area contributed by atoms with Gasteiger partial charge in [0.1, 0.15) is 5.82 Å². The minimum atomic E-state index is -0.346. The molecule has 0 saturated heterocycles. The fourth-order valence-corrected chi connectivity index (χ4v) is 1.73. The molecule has 2 aromatic rings. The van der Waals surface area contributed by atoms with Crippen LogP contribution in [-0.4, -0.2) is 22.0 Å². The number of carbonyl (C=O) groups is 1. The summed E-state index contributed by atoms with van der Waals surface area (Å²) >= 11 is 0. The Hall–Kier alpha value is -1.95. The number of hydrogen-bond donors (Lipinski definition) is 2. The molecule has 0 aliphatic rings. The number of fused-ring (bicyclic) bond motifs is 1. The first-order valence-electron chi connectivity index (χ1n) is 5.73. The molecule has 1 heterocycles. The molecule has 1 aromatic heterocycles. The van der Waals surface area contributed by atoms with Gasteiger partial charge < -0.3 is 10.3 Å². The Morgan fingerprint density at radius 1 is 1.56 bits per heavy atom. The monoisotopic (exact) mass is 250 g/mol. The van der Waals surface area contributed by atoms with E-state index in [1.807, 2.05) is 0 Å². The third kappa shape index (κ3) is 2.48. The van der Waals surface area contributed by atoms with Gasteiger partial charge in [-0.2, -0.15) is 0 Å². The second kappa shape index (κ2) is 5.14. The van der Waals surface area contributed by atoms with Crippen LogP contribution in [-0.2, 0) is 11.8 Å². The van der Waals surface area contributed by atoms with Crippen LogP contribution in [0.25, 0.3) is 11.0 Å². The lowest BCUT2D eigenvalue weighted by Gasteiger charge is -2.04. The third-order valence-corrected chi connectivity index (χ3v) is 2.70. The van der Waals surface area contributed by atoms with Crippen molar-refractivity contribution in [3.05, 3.63) is 24.0 Å². The van der Waals surface area contributed by atoms with E-state index < -0.39 is 0 Å². The minimum absolute atomic E-state index is 0.140. The predicted molar refractivity (Wildman–Crippen MR) is 67.6 cm³/mol. The summed E-state index contributed by atoms with van der Waals surface area (Å²) in [5.41, 5.74) is 6.62. The summed E-state index contributed by atoms with van der Waals surface area (Å²) in [4.78, 5) is 15.8. The van der Waals surface area contributed by atoms with Crippen LogP contribution >= 0.6 is 0 Å². The second-order valence-corrected chi connectivity index (χ2v) is 4.07. The van der Waals surface area contributed by atoms with Gasteiger partial charge in [0.2, 0.25) is 11.9 Å². The molecule has 0 atom stereocenters. The van der Waals surface area contributed by atoms with Crippen molar-refractivity contribution in [3.8, 4) is 0 Å². The standard InChI is InChI=1S/C12H15FN4O/c1-17-10-5-4-8(13)7-9(10)15-12(17)16-11(18)3-2-6-14/h4-5,7H,2-3,6,14H2,1H3,(H,15,16,18). The van der Waals surface area contributed by atoms with Gasteiger partial charge in [0, 0.05) is 19.5 Å². The van der Waals surface area contributed by atoms with Gasteiger partial charge in [0.15, 0.2) is 0 Å². The second-order valence-electron chi connectivity index (χ2n) is 4.07. The molecule has 2 rings (SSSR count). The number of nitrogens with one attached hydrogen (secondary N) is 1. The van der Waals surface area contributed by atoms with Crippen molar-refractivity contribution in [2.24, 2.45) is 12.8 Å². The number of nitrogens with two attached hydrogens (primary N) is 1. The molecule has 0 unspecified atom stereocenters. The molecule has 96 valence electrons.